The Bertz CT molecular complexity index is 694. The van der Waals surface area contributed by atoms with E-state index < -0.39 is 11.8 Å². The van der Waals surface area contributed by atoms with Crippen molar-refractivity contribution in [3.05, 3.63) is 27.9 Å². The molecular formula is C15H20N4O3S. The van der Waals surface area contributed by atoms with Gasteiger partial charge in [-0.25, -0.2) is 4.98 Å². The van der Waals surface area contributed by atoms with Gasteiger partial charge in [-0.2, -0.15) is 0 Å². The second kappa shape index (κ2) is 6.91. The SMILES string of the molecule is Cc1nc(C(C)C)sc1C(C)N(C)C(=O)C(=O)Nc1ccon1. The first-order valence-corrected chi connectivity index (χ1v) is 8.08. The predicted molar refractivity (Wildman–Crippen MR) is 87.3 cm³/mol. The molecule has 0 bridgehead atoms. The van der Waals surface area contributed by atoms with Gasteiger partial charge in [0.1, 0.15) is 6.26 Å². The second-order valence-electron chi connectivity index (χ2n) is 5.59. The summed E-state index contributed by atoms with van der Waals surface area (Å²) in [5.74, 6) is -0.851. The number of carbonyl (C=O) groups excluding carboxylic acids is 2. The molecule has 0 aliphatic rings. The summed E-state index contributed by atoms with van der Waals surface area (Å²) < 4.78 is 4.62. The number of nitrogens with one attached hydrogen (secondary N) is 1. The van der Waals surface area contributed by atoms with Crippen LogP contribution in [0.25, 0.3) is 0 Å². The third-order valence-electron chi connectivity index (χ3n) is 3.50. The first kappa shape index (κ1) is 17.1. The molecule has 0 saturated heterocycles. The maximum absolute atomic E-state index is 12.3. The molecule has 2 aromatic heterocycles. The Kier molecular flexibility index (Phi) is 5.15. The molecule has 7 nitrogen and oxygen atoms in total. The highest BCUT2D eigenvalue weighted by atomic mass is 32.1. The molecule has 2 rings (SSSR count). The molecule has 2 heterocycles. The van der Waals surface area contributed by atoms with Crippen LogP contribution in [0.3, 0.4) is 0 Å². The van der Waals surface area contributed by atoms with Crippen LogP contribution in [-0.2, 0) is 9.59 Å². The van der Waals surface area contributed by atoms with Gasteiger partial charge in [0.25, 0.3) is 0 Å². The van der Waals surface area contributed by atoms with Gasteiger partial charge in [-0.1, -0.05) is 19.0 Å². The Morgan fingerprint density at radius 1 is 1.35 bits per heavy atom. The maximum Gasteiger partial charge on any atom is 0.315 e. The Morgan fingerprint density at radius 2 is 2.04 bits per heavy atom. The topological polar surface area (TPSA) is 88.3 Å². The first-order chi connectivity index (χ1) is 10.8. The molecule has 2 amide bonds. The summed E-state index contributed by atoms with van der Waals surface area (Å²) in [4.78, 5) is 31.2. The molecule has 1 atom stereocenters. The largest absolute Gasteiger partial charge is 0.363 e. The van der Waals surface area contributed by atoms with Crippen LogP contribution >= 0.6 is 11.3 Å². The van der Waals surface area contributed by atoms with Crippen LogP contribution in [0.5, 0.6) is 0 Å². The van der Waals surface area contributed by atoms with Gasteiger partial charge in [0.2, 0.25) is 0 Å². The molecule has 0 radical (unpaired) electrons. The Morgan fingerprint density at radius 3 is 2.57 bits per heavy atom. The smallest absolute Gasteiger partial charge is 0.315 e. The number of carbonyl (C=O) groups is 2. The number of anilines is 1. The summed E-state index contributed by atoms with van der Waals surface area (Å²) in [7, 11) is 1.60. The molecule has 2 aromatic rings. The monoisotopic (exact) mass is 336 g/mol. The number of nitrogens with zero attached hydrogens (tertiary/aromatic N) is 3. The van der Waals surface area contributed by atoms with Crippen LogP contribution in [0.4, 0.5) is 5.82 Å². The highest BCUT2D eigenvalue weighted by Gasteiger charge is 2.27. The molecule has 1 unspecified atom stereocenters. The highest BCUT2D eigenvalue weighted by molar-refractivity contribution is 7.11. The summed E-state index contributed by atoms with van der Waals surface area (Å²) in [6.45, 7) is 7.95. The lowest BCUT2D eigenvalue weighted by Gasteiger charge is -2.23. The minimum Gasteiger partial charge on any atom is -0.363 e. The second-order valence-corrected chi connectivity index (χ2v) is 6.65. The molecule has 0 aromatic carbocycles. The van der Waals surface area contributed by atoms with Crippen LogP contribution < -0.4 is 5.32 Å². The van der Waals surface area contributed by atoms with Crippen molar-refractivity contribution in [1.29, 1.82) is 0 Å². The molecular weight excluding hydrogens is 316 g/mol. The van der Waals surface area contributed by atoms with E-state index in [1.807, 2.05) is 13.8 Å². The third-order valence-corrected chi connectivity index (χ3v) is 5.13. The number of aromatic nitrogens is 2. The summed E-state index contributed by atoms with van der Waals surface area (Å²) in [5.41, 5.74) is 0.891. The molecule has 0 fully saturated rings. The average Bonchev–Trinajstić information content (AvgIpc) is 3.14. The molecule has 124 valence electrons. The average molecular weight is 336 g/mol. The molecule has 0 aliphatic carbocycles. The molecule has 0 aliphatic heterocycles. The quantitative estimate of drug-likeness (QED) is 0.867. The van der Waals surface area contributed by atoms with Crippen molar-refractivity contribution >= 4 is 29.0 Å². The van der Waals surface area contributed by atoms with E-state index in [4.69, 9.17) is 0 Å². The van der Waals surface area contributed by atoms with Gasteiger partial charge < -0.3 is 9.42 Å². The fraction of sp³-hybridized carbons (Fsp3) is 0.467. The first-order valence-electron chi connectivity index (χ1n) is 7.27. The normalized spacial score (nSPS) is 12.3. The summed E-state index contributed by atoms with van der Waals surface area (Å²) in [6.07, 6.45) is 1.32. The van der Waals surface area contributed by atoms with Crippen LogP contribution in [0.2, 0.25) is 0 Å². The van der Waals surface area contributed by atoms with E-state index in [1.165, 1.54) is 17.2 Å². The molecule has 23 heavy (non-hydrogen) atoms. The van der Waals surface area contributed by atoms with Gasteiger partial charge in [-0.15, -0.1) is 11.3 Å². The lowest BCUT2D eigenvalue weighted by Crippen LogP contribution is -2.38. The van der Waals surface area contributed by atoms with Crippen molar-refractivity contribution in [1.82, 2.24) is 15.0 Å². The van der Waals surface area contributed by atoms with Crippen molar-refractivity contribution in [3.63, 3.8) is 0 Å². The highest BCUT2D eigenvalue weighted by Crippen LogP contribution is 2.31. The fourth-order valence-electron chi connectivity index (χ4n) is 2.02. The van der Waals surface area contributed by atoms with E-state index in [1.54, 1.807) is 18.4 Å². The van der Waals surface area contributed by atoms with Gasteiger partial charge in [0.15, 0.2) is 5.82 Å². The minimum atomic E-state index is -0.750. The van der Waals surface area contributed by atoms with Crippen LogP contribution in [0.15, 0.2) is 16.9 Å². The fourth-order valence-corrected chi connectivity index (χ4v) is 3.19. The predicted octanol–water partition coefficient (Wildman–Crippen LogP) is 2.72. The molecule has 0 saturated carbocycles. The molecule has 1 N–H and O–H groups in total. The zero-order valence-corrected chi connectivity index (χ0v) is 14.6. The summed E-state index contributed by atoms with van der Waals surface area (Å²) in [6, 6.07) is 1.23. The Labute approximate surface area is 138 Å². The van der Waals surface area contributed by atoms with Crippen LogP contribution in [0, 0.1) is 6.92 Å². The van der Waals surface area contributed by atoms with Gasteiger partial charge in [-0.05, 0) is 13.8 Å². The van der Waals surface area contributed by atoms with Crippen molar-refractivity contribution in [3.8, 4) is 0 Å². The Balaban J connectivity index is 2.10. The Hall–Kier alpha value is -2.22. The zero-order chi connectivity index (χ0) is 17.1. The lowest BCUT2D eigenvalue weighted by atomic mass is 10.2. The standard InChI is InChI=1S/C15H20N4O3S/c1-8(2)14-16-9(3)12(23-14)10(4)19(5)15(21)13(20)17-11-6-7-22-18-11/h6-8,10H,1-5H3,(H,17,18,20). The van der Waals surface area contributed by atoms with Crippen molar-refractivity contribution < 1.29 is 14.1 Å². The number of thiazole rings is 1. The van der Waals surface area contributed by atoms with E-state index in [9.17, 15) is 9.59 Å². The van der Waals surface area contributed by atoms with E-state index in [0.29, 0.717) is 5.92 Å². The van der Waals surface area contributed by atoms with E-state index >= 15 is 0 Å². The van der Waals surface area contributed by atoms with E-state index in [2.05, 4.69) is 33.8 Å². The number of amides is 2. The van der Waals surface area contributed by atoms with Crippen molar-refractivity contribution in [2.75, 3.05) is 12.4 Å². The van der Waals surface area contributed by atoms with Crippen molar-refractivity contribution in [2.45, 2.75) is 39.7 Å². The van der Waals surface area contributed by atoms with Gasteiger partial charge in [-0.3, -0.25) is 14.9 Å². The van der Waals surface area contributed by atoms with E-state index in [0.717, 1.165) is 15.6 Å². The lowest BCUT2D eigenvalue weighted by molar-refractivity contribution is -0.143. The molecule has 8 heteroatoms. The van der Waals surface area contributed by atoms with Gasteiger partial charge in [0.05, 0.1) is 16.7 Å². The summed E-state index contributed by atoms with van der Waals surface area (Å²) in [5, 5.41) is 6.98. The number of hydrogen-bond acceptors (Lipinski definition) is 6. The maximum atomic E-state index is 12.3. The number of likely N-dealkylation sites (N-methyl/N-ethyl adjacent to an activating group) is 1. The van der Waals surface area contributed by atoms with Crippen LogP contribution in [-0.4, -0.2) is 33.9 Å². The van der Waals surface area contributed by atoms with Crippen LogP contribution in [0.1, 0.15) is 48.3 Å². The van der Waals surface area contributed by atoms with Crippen molar-refractivity contribution in [2.24, 2.45) is 0 Å². The van der Waals surface area contributed by atoms with Gasteiger partial charge >= 0.3 is 11.8 Å². The number of hydrogen-bond donors (Lipinski definition) is 1. The zero-order valence-electron chi connectivity index (χ0n) is 13.8. The van der Waals surface area contributed by atoms with Gasteiger partial charge in [0, 0.05) is 23.9 Å². The van der Waals surface area contributed by atoms with E-state index in [-0.39, 0.29) is 11.9 Å². The number of rotatable bonds is 4. The number of aryl methyl sites for hydroxylation is 1. The molecule has 0 spiro atoms. The third kappa shape index (κ3) is 3.76. The summed E-state index contributed by atoms with van der Waals surface area (Å²) >= 11 is 1.57. The minimum absolute atomic E-state index is 0.209.